The maximum absolute atomic E-state index is 12.9. The number of hydrogen-bond donors (Lipinski definition) is 3. The highest BCUT2D eigenvalue weighted by Crippen LogP contribution is 2.33. The van der Waals surface area contributed by atoms with Gasteiger partial charge in [-0.2, -0.15) is 18.3 Å². The van der Waals surface area contributed by atoms with Crippen molar-refractivity contribution in [3.05, 3.63) is 83.9 Å². The second-order valence-electron chi connectivity index (χ2n) is 8.15. The number of nitrogens with one attached hydrogen (secondary N) is 2. The van der Waals surface area contributed by atoms with Gasteiger partial charge in [0.2, 0.25) is 5.13 Å². The van der Waals surface area contributed by atoms with Gasteiger partial charge in [-0.3, -0.25) is 5.10 Å². The summed E-state index contributed by atoms with van der Waals surface area (Å²) in [5, 5.41) is 21.5. The molecule has 3 aromatic carbocycles. The summed E-state index contributed by atoms with van der Waals surface area (Å²) in [6.07, 6.45) is -4.06. The molecule has 1 atom stereocenters. The van der Waals surface area contributed by atoms with Crippen LogP contribution in [0.25, 0.3) is 32.7 Å². The molecule has 10 heteroatoms. The number of alkyl halides is 3. The average Bonchev–Trinajstić information content (AvgIpc) is 3.50. The van der Waals surface area contributed by atoms with Crippen molar-refractivity contribution in [3.8, 4) is 21.8 Å². The van der Waals surface area contributed by atoms with Crippen LogP contribution in [0.1, 0.15) is 11.1 Å². The molecule has 2 aromatic heterocycles. The van der Waals surface area contributed by atoms with E-state index in [0.29, 0.717) is 23.7 Å². The van der Waals surface area contributed by atoms with Crippen molar-refractivity contribution in [2.24, 2.45) is 5.73 Å². The molecule has 0 unspecified atom stereocenters. The number of fused-ring (bicyclic) bond motifs is 1. The van der Waals surface area contributed by atoms with Crippen LogP contribution in [0.4, 0.5) is 18.3 Å². The Labute approximate surface area is 203 Å². The summed E-state index contributed by atoms with van der Waals surface area (Å²) >= 11 is 1.38. The smallest absolute Gasteiger partial charge is 0.359 e. The maximum atomic E-state index is 12.9. The number of rotatable bonds is 7. The predicted molar refractivity (Wildman–Crippen MR) is 132 cm³/mol. The van der Waals surface area contributed by atoms with Crippen LogP contribution >= 0.6 is 11.3 Å². The zero-order valence-electron chi connectivity index (χ0n) is 18.4. The second kappa shape index (κ2) is 9.47. The number of H-pyrrole nitrogens is 1. The molecule has 0 saturated carbocycles. The van der Waals surface area contributed by atoms with Crippen molar-refractivity contribution in [1.29, 1.82) is 0 Å². The summed E-state index contributed by atoms with van der Waals surface area (Å²) in [6, 6.07) is 20.7. The van der Waals surface area contributed by atoms with Gasteiger partial charge in [-0.1, -0.05) is 59.9 Å². The fourth-order valence-corrected chi connectivity index (χ4v) is 4.59. The maximum Gasteiger partial charge on any atom is 0.416 e. The third-order valence-corrected chi connectivity index (χ3v) is 6.48. The first kappa shape index (κ1) is 23.0. The summed E-state index contributed by atoms with van der Waals surface area (Å²) in [6.45, 7) is 0.351. The number of anilines is 1. The van der Waals surface area contributed by atoms with Crippen LogP contribution in [-0.2, 0) is 12.6 Å². The minimum absolute atomic E-state index is 0.308. The van der Waals surface area contributed by atoms with E-state index in [9.17, 15) is 13.2 Å². The molecule has 0 aliphatic rings. The van der Waals surface area contributed by atoms with Crippen LogP contribution in [-0.4, -0.2) is 33.0 Å². The van der Waals surface area contributed by atoms with E-state index >= 15 is 0 Å². The Morgan fingerprint density at radius 3 is 2.57 bits per heavy atom. The van der Waals surface area contributed by atoms with Gasteiger partial charge in [0.1, 0.15) is 5.01 Å². The van der Waals surface area contributed by atoms with Crippen LogP contribution in [0.15, 0.2) is 72.8 Å². The molecule has 0 aliphatic carbocycles. The number of aromatic nitrogens is 4. The van der Waals surface area contributed by atoms with Crippen molar-refractivity contribution in [2.45, 2.75) is 18.6 Å². The number of benzene rings is 3. The zero-order valence-corrected chi connectivity index (χ0v) is 19.2. The molecule has 4 N–H and O–H groups in total. The van der Waals surface area contributed by atoms with E-state index in [1.165, 1.54) is 17.4 Å². The highest BCUT2D eigenvalue weighted by atomic mass is 32.1. The van der Waals surface area contributed by atoms with Gasteiger partial charge in [-0.25, -0.2) is 0 Å². The average molecular weight is 495 g/mol. The lowest BCUT2D eigenvalue weighted by Gasteiger charge is -2.13. The van der Waals surface area contributed by atoms with Gasteiger partial charge in [0, 0.05) is 29.1 Å². The fraction of sp³-hybridized carbons (Fsp3) is 0.160. The van der Waals surface area contributed by atoms with Gasteiger partial charge in [0.15, 0.2) is 0 Å². The van der Waals surface area contributed by atoms with E-state index in [1.807, 2.05) is 48.5 Å². The topological polar surface area (TPSA) is 92.5 Å². The first-order valence-electron chi connectivity index (χ1n) is 10.9. The number of hydrogen-bond acceptors (Lipinski definition) is 6. The largest absolute Gasteiger partial charge is 0.416 e. The van der Waals surface area contributed by atoms with E-state index < -0.39 is 11.7 Å². The number of nitrogens with two attached hydrogens (primary N) is 1. The molecule has 0 fully saturated rings. The first-order valence-corrected chi connectivity index (χ1v) is 11.7. The van der Waals surface area contributed by atoms with E-state index in [-0.39, 0.29) is 6.04 Å². The predicted octanol–water partition coefficient (Wildman–Crippen LogP) is 5.75. The number of halogens is 3. The van der Waals surface area contributed by atoms with Gasteiger partial charge in [0.25, 0.3) is 0 Å². The van der Waals surface area contributed by atoms with Crippen LogP contribution < -0.4 is 11.1 Å². The lowest BCUT2D eigenvalue weighted by Crippen LogP contribution is -2.31. The van der Waals surface area contributed by atoms with E-state index in [0.717, 1.165) is 44.9 Å². The van der Waals surface area contributed by atoms with Crippen molar-refractivity contribution < 1.29 is 13.2 Å². The molecule has 0 amide bonds. The molecule has 2 heterocycles. The fourth-order valence-electron chi connectivity index (χ4n) is 3.84. The van der Waals surface area contributed by atoms with Gasteiger partial charge >= 0.3 is 6.18 Å². The van der Waals surface area contributed by atoms with Crippen molar-refractivity contribution in [1.82, 2.24) is 20.4 Å². The molecule has 0 aliphatic heterocycles. The molecular weight excluding hydrogens is 473 g/mol. The van der Waals surface area contributed by atoms with Crippen LogP contribution in [0, 0.1) is 0 Å². The summed E-state index contributed by atoms with van der Waals surface area (Å²) in [5.74, 6) is 0. The highest BCUT2D eigenvalue weighted by molar-refractivity contribution is 7.18. The molecule has 0 radical (unpaired) electrons. The van der Waals surface area contributed by atoms with Crippen LogP contribution in [0.2, 0.25) is 0 Å². The quantitative estimate of drug-likeness (QED) is 0.268. The van der Waals surface area contributed by atoms with Crippen molar-refractivity contribution in [3.63, 3.8) is 0 Å². The molecule has 35 heavy (non-hydrogen) atoms. The highest BCUT2D eigenvalue weighted by Gasteiger charge is 2.30. The van der Waals surface area contributed by atoms with E-state index in [1.54, 1.807) is 6.07 Å². The normalized spacial score (nSPS) is 12.7. The lowest BCUT2D eigenvalue weighted by molar-refractivity contribution is -0.137. The summed E-state index contributed by atoms with van der Waals surface area (Å²) in [5.41, 5.74) is 9.74. The Morgan fingerprint density at radius 1 is 0.943 bits per heavy atom. The van der Waals surface area contributed by atoms with E-state index in [2.05, 4.69) is 25.7 Å². The standard InChI is InChI=1S/C25H21F3N6S/c26-25(27,28)18-8-4-5-15(11-18)12-19(29)14-30-24-34-33-23(35-24)17-9-10-21-20(13-17)22(32-31-21)16-6-2-1-3-7-16/h1-11,13,19H,12,14,29H2,(H,30,34)(H,31,32)/t19-/m1/s1. The SMILES string of the molecule is N[C@@H](CNc1nnc(-c2ccc3[nH]nc(-c4ccccc4)c3c2)s1)Cc1cccc(C(F)(F)F)c1. The Balaban J connectivity index is 1.27. The molecule has 0 spiro atoms. The molecular formula is C25H21F3N6S. The van der Waals surface area contributed by atoms with Gasteiger partial charge in [-0.15, -0.1) is 10.2 Å². The first-order chi connectivity index (χ1) is 16.9. The Morgan fingerprint density at radius 2 is 1.77 bits per heavy atom. The molecule has 0 bridgehead atoms. The summed E-state index contributed by atoms with van der Waals surface area (Å²) < 4.78 is 38.8. The second-order valence-corrected chi connectivity index (χ2v) is 9.13. The minimum Gasteiger partial charge on any atom is -0.359 e. The minimum atomic E-state index is -4.37. The summed E-state index contributed by atoms with van der Waals surface area (Å²) in [4.78, 5) is 0. The lowest BCUT2D eigenvalue weighted by atomic mass is 10.0. The van der Waals surface area contributed by atoms with Crippen molar-refractivity contribution in [2.75, 3.05) is 11.9 Å². The number of nitrogens with zero attached hydrogens (tertiary/aromatic N) is 3. The van der Waals surface area contributed by atoms with Gasteiger partial charge < -0.3 is 11.1 Å². The molecule has 5 rings (SSSR count). The Hall–Kier alpha value is -3.76. The monoisotopic (exact) mass is 494 g/mol. The molecule has 5 aromatic rings. The van der Waals surface area contributed by atoms with Crippen molar-refractivity contribution >= 4 is 27.4 Å². The number of aromatic amines is 1. The molecule has 0 saturated heterocycles. The van der Waals surface area contributed by atoms with Gasteiger partial charge in [-0.05, 0) is 36.2 Å². The van der Waals surface area contributed by atoms with Crippen LogP contribution in [0.3, 0.4) is 0 Å². The zero-order chi connectivity index (χ0) is 24.4. The summed E-state index contributed by atoms with van der Waals surface area (Å²) in [7, 11) is 0. The van der Waals surface area contributed by atoms with Crippen LogP contribution in [0.5, 0.6) is 0 Å². The Bertz CT molecular complexity index is 1440. The Kier molecular flexibility index (Phi) is 6.23. The van der Waals surface area contributed by atoms with E-state index in [4.69, 9.17) is 5.73 Å². The third kappa shape index (κ3) is 5.18. The molecule has 6 nitrogen and oxygen atoms in total. The molecule has 178 valence electrons. The van der Waals surface area contributed by atoms with Gasteiger partial charge in [0.05, 0.1) is 16.8 Å². The third-order valence-electron chi connectivity index (χ3n) is 5.55.